The lowest BCUT2D eigenvalue weighted by atomic mass is 9.86. The van der Waals surface area contributed by atoms with Crippen molar-refractivity contribution in [2.75, 3.05) is 26.7 Å². The van der Waals surface area contributed by atoms with Gasteiger partial charge in [0.2, 0.25) is 5.67 Å². The average molecular weight is 172 g/mol. The Balaban J connectivity index is 2.24. The lowest BCUT2D eigenvalue weighted by Crippen LogP contribution is -2.53. The highest BCUT2D eigenvalue weighted by Crippen LogP contribution is 2.35. The van der Waals surface area contributed by atoms with Crippen LogP contribution in [-0.4, -0.2) is 43.2 Å². The minimum atomic E-state index is -1.60. The Morgan fingerprint density at radius 2 is 2.50 bits per heavy atom. The van der Waals surface area contributed by atoms with Gasteiger partial charge in [0, 0.05) is 25.6 Å². The van der Waals surface area contributed by atoms with Gasteiger partial charge in [-0.3, -0.25) is 4.79 Å². The lowest BCUT2D eigenvalue weighted by molar-refractivity contribution is -0.137. The molecule has 0 aromatic rings. The number of piperidine rings is 1. The second kappa shape index (κ2) is 2.42. The molecular formula is C8H13FN2O. The SMILES string of the molecule is CN1C[C@@H]2CCNC(=O)[C@]2(F)C1. The van der Waals surface area contributed by atoms with Gasteiger partial charge in [-0.15, -0.1) is 0 Å². The smallest absolute Gasteiger partial charge is 0.259 e. The van der Waals surface area contributed by atoms with E-state index in [1.54, 1.807) is 0 Å². The fourth-order valence-electron chi connectivity index (χ4n) is 2.19. The van der Waals surface area contributed by atoms with Crippen LogP contribution in [0.15, 0.2) is 0 Å². The zero-order chi connectivity index (χ0) is 8.77. The number of fused-ring (bicyclic) bond motifs is 1. The third kappa shape index (κ3) is 0.941. The van der Waals surface area contributed by atoms with Crippen LogP contribution in [-0.2, 0) is 4.79 Å². The molecule has 2 fully saturated rings. The number of likely N-dealkylation sites (tertiary alicyclic amines) is 1. The molecule has 2 saturated heterocycles. The van der Waals surface area contributed by atoms with Crippen LogP contribution >= 0.6 is 0 Å². The van der Waals surface area contributed by atoms with E-state index >= 15 is 0 Å². The van der Waals surface area contributed by atoms with Gasteiger partial charge in [0.15, 0.2) is 0 Å². The van der Waals surface area contributed by atoms with Crippen LogP contribution in [0.3, 0.4) is 0 Å². The van der Waals surface area contributed by atoms with Crippen LogP contribution < -0.4 is 5.32 Å². The molecule has 0 aromatic heterocycles. The third-order valence-electron chi connectivity index (χ3n) is 2.84. The first-order valence-electron chi connectivity index (χ1n) is 4.29. The molecule has 2 atom stereocenters. The second-order valence-corrected chi connectivity index (χ2v) is 3.80. The van der Waals surface area contributed by atoms with Crippen LogP contribution in [0.4, 0.5) is 4.39 Å². The molecule has 2 aliphatic heterocycles. The molecule has 0 aliphatic carbocycles. The molecule has 1 amide bonds. The maximum Gasteiger partial charge on any atom is 0.259 e. The van der Waals surface area contributed by atoms with E-state index in [0.29, 0.717) is 13.1 Å². The highest BCUT2D eigenvalue weighted by molar-refractivity contribution is 5.87. The molecule has 1 N–H and O–H groups in total. The molecule has 68 valence electrons. The van der Waals surface area contributed by atoms with E-state index in [-0.39, 0.29) is 12.5 Å². The molecule has 0 bridgehead atoms. The summed E-state index contributed by atoms with van der Waals surface area (Å²) < 4.78 is 13.9. The average Bonchev–Trinajstić information content (AvgIpc) is 2.27. The number of carbonyl (C=O) groups is 1. The van der Waals surface area contributed by atoms with E-state index in [2.05, 4.69) is 5.32 Å². The van der Waals surface area contributed by atoms with E-state index in [4.69, 9.17) is 0 Å². The van der Waals surface area contributed by atoms with Gasteiger partial charge in [-0.25, -0.2) is 4.39 Å². The van der Waals surface area contributed by atoms with Gasteiger partial charge in [0.25, 0.3) is 5.91 Å². The summed E-state index contributed by atoms with van der Waals surface area (Å²) in [6.45, 7) is 1.59. The topological polar surface area (TPSA) is 32.3 Å². The summed E-state index contributed by atoms with van der Waals surface area (Å²) >= 11 is 0. The Bertz CT molecular complexity index is 221. The Labute approximate surface area is 70.9 Å². The number of carbonyl (C=O) groups excluding carboxylic acids is 1. The molecule has 0 saturated carbocycles. The van der Waals surface area contributed by atoms with Gasteiger partial charge in [0.05, 0.1) is 0 Å². The molecule has 4 heteroatoms. The number of hydrogen-bond acceptors (Lipinski definition) is 2. The zero-order valence-electron chi connectivity index (χ0n) is 7.14. The summed E-state index contributed by atoms with van der Waals surface area (Å²) in [5, 5.41) is 2.57. The number of nitrogens with one attached hydrogen (secondary N) is 1. The predicted octanol–water partition coefficient (Wildman–Crippen LogP) is -0.224. The molecule has 12 heavy (non-hydrogen) atoms. The van der Waals surface area contributed by atoms with E-state index in [9.17, 15) is 9.18 Å². The minimum absolute atomic E-state index is 0.0868. The fourth-order valence-corrected chi connectivity index (χ4v) is 2.19. The first-order valence-corrected chi connectivity index (χ1v) is 4.29. The van der Waals surface area contributed by atoms with Crippen molar-refractivity contribution in [3.8, 4) is 0 Å². The maximum absolute atomic E-state index is 13.9. The summed E-state index contributed by atoms with van der Waals surface area (Å²) in [4.78, 5) is 13.1. The van der Waals surface area contributed by atoms with Gasteiger partial charge >= 0.3 is 0 Å². The monoisotopic (exact) mass is 172 g/mol. The van der Waals surface area contributed by atoms with Crippen molar-refractivity contribution >= 4 is 5.91 Å². The first kappa shape index (κ1) is 7.98. The number of rotatable bonds is 0. The molecule has 0 spiro atoms. The molecule has 0 aromatic carbocycles. The number of halogens is 1. The quantitative estimate of drug-likeness (QED) is 0.547. The van der Waals surface area contributed by atoms with E-state index < -0.39 is 11.6 Å². The van der Waals surface area contributed by atoms with Crippen molar-refractivity contribution in [3.05, 3.63) is 0 Å². The van der Waals surface area contributed by atoms with Crippen molar-refractivity contribution in [1.29, 1.82) is 0 Å². The van der Waals surface area contributed by atoms with Crippen molar-refractivity contribution < 1.29 is 9.18 Å². The Morgan fingerprint density at radius 3 is 3.17 bits per heavy atom. The number of nitrogens with zero attached hydrogens (tertiary/aromatic N) is 1. The first-order chi connectivity index (χ1) is 5.63. The summed E-state index contributed by atoms with van der Waals surface area (Å²) in [5.41, 5.74) is -1.60. The summed E-state index contributed by atoms with van der Waals surface area (Å²) in [6.07, 6.45) is 0.770. The number of hydrogen-bond donors (Lipinski definition) is 1. The molecular weight excluding hydrogens is 159 g/mol. The highest BCUT2D eigenvalue weighted by Gasteiger charge is 2.53. The van der Waals surface area contributed by atoms with Crippen LogP contribution in [0.5, 0.6) is 0 Å². The summed E-state index contributed by atoms with van der Waals surface area (Å²) in [7, 11) is 1.85. The molecule has 2 aliphatic rings. The van der Waals surface area contributed by atoms with E-state index in [1.165, 1.54) is 0 Å². The molecule has 3 nitrogen and oxygen atoms in total. The molecule has 0 unspecified atom stereocenters. The van der Waals surface area contributed by atoms with Gasteiger partial charge < -0.3 is 10.2 Å². The molecule has 2 heterocycles. The Morgan fingerprint density at radius 1 is 1.75 bits per heavy atom. The van der Waals surface area contributed by atoms with Crippen LogP contribution in [0.2, 0.25) is 0 Å². The molecule has 2 rings (SSSR count). The number of amides is 1. The zero-order valence-corrected chi connectivity index (χ0v) is 7.14. The second-order valence-electron chi connectivity index (χ2n) is 3.80. The predicted molar refractivity (Wildman–Crippen MR) is 42.5 cm³/mol. The van der Waals surface area contributed by atoms with Crippen LogP contribution in [0.1, 0.15) is 6.42 Å². The molecule has 0 radical (unpaired) electrons. The van der Waals surface area contributed by atoms with Gasteiger partial charge in [-0.05, 0) is 13.5 Å². The largest absolute Gasteiger partial charge is 0.353 e. The minimum Gasteiger partial charge on any atom is -0.353 e. The lowest BCUT2D eigenvalue weighted by Gasteiger charge is -2.29. The van der Waals surface area contributed by atoms with Crippen LogP contribution in [0, 0.1) is 5.92 Å². The van der Waals surface area contributed by atoms with Crippen LogP contribution in [0.25, 0.3) is 0 Å². The highest BCUT2D eigenvalue weighted by atomic mass is 19.1. The fraction of sp³-hybridized carbons (Fsp3) is 0.875. The van der Waals surface area contributed by atoms with E-state index in [1.807, 2.05) is 11.9 Å². The van der Waals surface area contributed by atoms with Gasteiger partial charge in [0.1, 0.15) is 0 Å². The van der Waals surface area contributed by atoms with Crippen molar-refractivity contribution in [1.82, 2.24) is 10.2 Å². The maximum atomic E-state index is 13.9. The number of alkyl halides is 1. The Kier molecular flexibility index (Phi) is 1.61. The van der Waals surface area contributed by atoms with Gasteiger partial charge in [-0.1, -0.05) is 0 Å². The van der Waals surface area contributed by atoms with Crippen molar-refractivity contribution in [3.63, 3.8) is 0 Å². The third-order valence-corrected chi connectivity index (χ3v) is 2.84. The van der Waals surface area contributed by atoms with Crippen molar-refractivity contribution in [2.24, 2.45) is 5.92 Å². The summed E-state index contributed by atoms with van der Waals surface area (Å²) in [5.74, 6) is -0.501. The summed E-state index contributed by atoms with van der Waals surface area (Å²) in [6, 6.07) is 0. The standard InChI is InChI=1S/C8H13FN2O/c1-11-4-6-2-3-10-7(12)8(6,9)5-11/h6H,2-5H2,1H3,(H,10,12)/t6-,8-/m0/s1. The van der Waals surface area contributed by atoms with E-state index in [0.717, 1.165) is 6.42 Å². The Hall–Kier alpha value is -0.640. The van der Waals surface area contributed by atoms with Crippen molar-refractivity contribution in [2.45, 2.75) is 12.1 Å². The van der Waals surface area contributed by atoms with Gasteiger partial charge in [-0.2, -0.15) is 0 Å². The normalized spacial score (nSPS) is 42.5.